The number of nitrogens with one attached hydrogen (secondary N) is 1. The predicted octanol–water partition coefficient (Wildman–Crippen LogP) is 3.31. The van der Waals surface area contributed by atoms with Crippen molar-refractivity contribution in [2.24, 2.45) is 0 Å². The Kier molecular flexibility index (Phi) is 4.20. The molecular formula is C15H20N2O2. The van der Waals surface area contributed by atoms with Crippen molar-refractivity contribution in [3.05, 3.63) is 34.7 Å². The Morgan fingerprint density at radius 1 is 1.47 bits per heavy atom. The van der Waals surface area contributed by atoms with E-state index >= 15 is 0 Å². The van der Waals surface area contributed by atoms with Gasteiger partial charge in [-0.15, -0.1) is 0 Å². The largest absolute Gasteiger partial charge is 0.478 e. The average molecular weight is 260 g/mol. The van der Waals surface area contributed by atoms with Crippen LogP contribution < -0.4 is 5.32 Å². The molecule has 19 heavy (non-hydrogen) atoms. The number of hydrogen-bond donors (Lipinski definition) is 2. The van der Waals surface area contributed by atoms with Crippen molar-refractivity contribution in [3.8, 4) is 0 Å². The summed E-state index contributed by atoms with van der Waals surface area (Å²) in [4.78, 5) is 15.5. The molecule has 0 aliphatic heterocycles. The van der Waals surface area contributed by atoms with Gasteiger partial charge in [0.25, 0.3) is 0 Å². The van der Waals surface area contributed by atoms with Gasteiger partial charge in [-0.1, -0.05) is 11.6 Å². The van der Waals surface area contributed by atoms with Crippen LogP contribution in [0.25, 0.3) is 0 Å². The molecule has 1 aromatic heterocycles. The third-order valence-electron chi connectivity index (χ3n) is 3.44. The molecule has 4 nitrogen and oxygen atoms in total. The number of pyridine rings is 1. The van der Waals surface area contributed by atoms with E-state index in [0.29, 0.717) is 11.4 Å². The molecule has 0 bridgehead atoms. The summed E-state index contributed by atoms with van der Waals surface area (Å²) in [6.07, 6.45) is 6.90. The van der Waals surface area contributed by atoms with Gasteiger partial charge in [-0.05, 0) is 45.6 Å². The van der Waals surface area contributed by atoms with Crippen LogP contribution in [0, 0.1) is 13.8 Å². The van der Waals surface area contributed by atoms with Crippen molar-refractivity contribution < 1.29 is 9.90 Å². The van der Waals surface area contributed by atoms with Gasteiger partial charge in [0.15, 0.2) is 0 Å². The number of aromatic nitrogens is 1. The Morgan fingerprint density at radius 3 is 2.89 bits per heavy atom. The maximum absolute atomic E-state index is 11.3. The van der Waals surface area contributed by atoms with Crippen LogP contribution in [0.3, 0.4) is 0 Å². The Balaban J connectivity index is 2.08. The number of carboxylic acid groups (broad SMARTS) is 1. The summed E-state index contributed by atoms with van der Waals surface area (Å²) >= 11 is 0. The third-order valence-corrected chi connectivity index (χ3v) is 3.44. The number of carboxylic acids is 1. The highest BCUT2D eigenvalue weighted by Crippen LogP contribution is 2.23. The quantitative estimate of drug-likeness (QED) is 0.797. The summed E-state index contributed by atoms with van der Waals surface area (Å²) in [5.41, 5.74) is 3.84. The molecule has 0 saturated heterocycles. The Hall–Kier alpha value is -1.84. The van der Waals surface area contributed by atoms with E-state index in [2.05, 4.69) is 16.4 Å². The van der Waals surface area contributed by atoms with Crippen LogP contribution in [0.2, 0.25) is 0 Å². The van der Waals surface area contributed by atoms with Gasteiger partial charge < -0.3 is 10.4 Å². The van der Waals surface area contributed by atoms with Crippen LogP contribution in [0.1, 0.15) is 47.4 Å². The van der Waals surface area contributed by atoms with Gasteiger partial charge in [-0.25, -0.2) is 4.79 Å². The minimum absolute atomic E-state index is 0.283. The van der Waals surface area contributed by atoms with E-state index in [0.717, 1.165) is 18.7 Å². The molecule has 0 amide bonds. The zero-order valence-corrected chi connectivity index (χ0v) is 11.5. The highest BCUT2D eigenvalue weighted by Gasteiger charge is 2.15. The van der Waals surface area contributed by atoms with E-state index in [-0.39, 0.29) is 5.56 Å². The van der Waals surface area contributed by atoms with Gasteiger partial charge in [0.05, 0.1) is 11.4 Å². The number of anilines is 1. The molecule has 0 spiro atoms. The third kappa shape index (κ3) is 3.34. The van der Waals surface area contributed by atoms with Crippen molar-refractivity contribution >= 4 is 11.7 Å². The molecule has 1 aliphatic carbocycles. The lowest BCUT2D eigenvalue weighted by Gasteiger charge is -2.12. The first-order chi connectivity index (χ1) is 9.08. The average Bonchev–Trinajstić information content (AvgIpc) is 2.80. The fourth-order valence-corrected chi connectivity index (χ4v) is 2.56. The zero-order valence-electron chi connectivity index (χ0n) is 11.5. The van der Waals surface area contributed by atoms with E-state index in [1.807, 2.05) is 6.92 Å². The molecule has 0 fully saturated rings. The van der Waals surface area contributed by atoms with Crippen molar-refractivity contribution in [2.45, 2.75) is 39.5 Å². The molecule has 0 aromatic carbocycles. The van der Waals surface area contributed by atoms with Crippen LogP contribution in [-0.4, -0.2) is 22.6 Å². The first-order valence-corrected chi connectivity index (χ1v) is 6.71. The fraction of sp³-hybridized carbons (Fsp3) is 0.467. The number of hydrogen-bond acceptors (Lipinski definition) is 3. The predicted molar refractivity (Wildman–Crippen MR) is 75.7 cm³/mol. The first kappa shape index (κ1) is 13.6. The second kappa shape index (κ2) is 5.87. The summed E-state index contributed by atoms with van der Waals surface area (Å²) in [6, 6.07) is 1.81. The van der Waals surface area contributed by atoms with Crippen molar-refractivity contribution in [2.75, 3.05) is 11.9 Å². The number of nitrogens with zero attached hydrogens (tertiary/aromatic N) is 1. The molecule has 0 atom stereocenters. The lowest BCUT2D eigenvalue weighted by molar-refractivity contribution is 0.0696. The summed E-state index contributed by atoms with van der Waals surface area (Å²) < 4.78 is 0. The second-order valence-corrected chi connectivity index (χ2v) is 5.01. The number of aryl methyl sites for hydroxylation is 2. The standard InChI is InChI=1S/C15H20N2O2/c1-10-9-13(14(15(18)19)11(2)17-10)16-8-7-12-5-3-4-6-12/h5,9H,3-4,6-8H2,1-2H3,(H,16,17)(H,18,19). The normalized spacial score (nSPS) is 14.3. The van der Waals surface area contributed by atoms with E-state index in [1.165, 1.54) is 24.8 Å². The van der Waals surface area contributed by atoms with E-state index in [4.69, 9.17) is 0 Å². The highest BCUT2D eigenvalue weighted by molar-refractivity contribution is 5.95. The SMILES string of the molecule is Cc1cc(NCCC2=CCCC2)c(C(=O)O)c(C)n1. The molecular weight excluding hydrogens is 240 g/mol. The highest BCUT2D eigenvalue weighted by atomic mass is 16.4. The van der Waals surface area contributed by atoms with Crippen LogP contribution >= 0.6 is 0 Å². The van der Waals surface area contributed by atoms with Crippen molar-refractivity contribution in [3.63, 3.8) is 0 Å². The minimum Gasteiger partial charge on any atom is -0.478 e. The van der Waals surface area contributed by atoms with Crippen LogP contribution in [0.15, 0.2) is 17.7 Å². The van der Waals surface area contributed by atoms with E-state index in [9.17, 15) is 9.90 Å². The monoisotopic (exact) mass is 260 g/mol. The van der Waals surface area contributed by atoms with Crippen LogP contribution in [0.5, 0.6) is 0 Å². The maximum Gasteiger partial charge on any atom is 0.339 e. The Morgan fingerprint density at radius 2 is 2.26 bits per heavy atom. The Bertz CT molecular complexity index is 521. The van der Waals surface area contributed by atoms with Crippen molar-refractivity contribution in [1.29, 1.82) is 0 Å². The molecule has 2 rings (SSSR count). The van der Waals surface area contributed by atoms with E-state index < -0.39 is 5.97 Å². The number of allylic oxidation sites excluding steroid dienone is 1. The maximum atomic E-state index is 11.3. The van der Waals surface area contributed by atoms with Gasteiger partial charge >= 0.3 is 5.97 Å². The van der Waals surface area contributed by atoms with Crippen LogP contribution in [0.4, 0.5) is 5.69 Å². The summed E-state index contributed by atoms with van der Waals surface area (Å²) in [5, 5.41) is 12.5. The number of rotatable bonds is 5. The molecule has 1 aromatic rings. The molecule has 1 aliphatic rings. The minimum atomic E-state index is -0.924. The van der Waals surface area contributed by atoms with Crippen LogP contribution in [-0.2, 0) is 0 Å². The van der Waals surface area contributed by atoms with Gasteiger partial charge in [0, 0.05) is 12.2 Å². The second-order valence-electron chi connectivity index (χ2n) is 5.01. The van der Waals surface area contributed by atoms with Gasteiger partial charge in [0.2, 0.25) is 0 Å². The zero-order chi connectivity index (χ0) is 13.8. The lowest BCUT2D eigenvalue weighted by Crippen LogP contribution is -2.11. The number of carbonyl (C=O) groups is 1. The lowest BCUT2D eigenvalue weighted by atomic mass is 10.1. The first-order valence-electron chi connectivity index (χ1n) is 6.71. The van der Waals surface area contributed by atoms with Gasteiger partial charge in [0.1, 0.15) is 5.56 Å². The molecule has 4 heteroatoms. The fourth-order valence-electron chi connectivity index (χ4n) is 2.56. The molecule has 1 heterocycles. The van der Waals surface area contributed by atoms with Crippen molar-refractivity contribution in [1.82, 2.24) is 4.98 Å². The number of aromatic carboxylic acids is 1. The van der Waals surface area contributed by atoms with E-state index in [1.54, 1.807) is 13.0 Å². The summed E-state index contributed by atoms with van der Waals surface area (Å²) in [5.74, 6) is -0.924. The molecule has 2 N–H and O–H groups in total. The molecule has 0 radical (unpaired) electrons. The molecule has 102 valence electrons. The summed E-state index contributed by atoms with van der Waals surface area (Å²) in [7, 11) is 0. The van der Waals surface area contributed by atoms with Gasteiger partial charge in [-0.2, -0.15) is 0 Å². The smallest absolute Gasteiger partial charge is 0.339 e. The molecule has 0 unspecified atom stereocenters. The molecule has 0 saturated carbocycles. The Labute approximate surface area is 113 Å². The van der Waals surface area contributed by atoms with Gasteiger partial charge in [-0.3, -0.25) is 4.98 Å². The topological polar surface area (TPSA) is 62.2 Å². The summed E-state index contributed by atoms with van der Waals surface area (Å²) in [6.45, 7) is 4.39.